The lowest BCUT2D eigenvalue weighted by atomic mass is 9.98. The average Bonchev–Trinajstić information content (AvgIpc) is 3.20. The SMILES string of the molecule is Cc1nn(C)c(CC(NC(=O)OCC2c3ccccc3-c3ccccc32)C(=O)O)c1Br. The standard InChI is InChI=1S/C23H22BrN3O4/c1-13-21(24)20(27(2)26-13)11-19(22(28)29)25-23(30)31-12-18-16-9-5-3-7-14(16)15-8-4-6-10-17(15)18/h3-10,18-19H,11-12H2,1-2H3,(H,25,30)(H,28,29). The molecular formula is C23H22BrN3O4. The summed E-state index contributed by atoms with van der Waals surface area (Å²) in [7, 11) is 1.74. The molecule has 0 fully saturated rings. The van der Waals surface area contributed by atoms with Gasteiger partial charge in [0.25, 0.3) is 0 Å². The first-order valence-electron chi connectivity index (χ1n) is 9.89. The molecule has 2 aromatic carbocycles. The van der Waals surface area contributed by atoms with Crippen LogP contribution in [0.1, 0.15) is 28.4 Å². The first-order chi connectivity index (χ1) is 14.9. The van der Waals surface area contributed by atoms with Crippen molar-refractivity contribution in [3.63, 3.8) is 0 Å². The third-order valence-corrected chi connectivity index (χ3v) is 6.62. The smallest absolute Gasteiger partial charge is 0.407 e. The van der Waals surface area contributed by atoms with Crippen molar-refractivity contribution in [2.45, 2.75) is 25.3 Å². The maximum absolute atomic E-state index is 12.5. The van der Waals surface area contributed by atoms with Gasteiger partial charge in [0.1, 0.15) is 12.6 Å². The molecule has 1 aliphatic rings. The molecule has 0 bridgehead atoms. The van der Waals surface area contributed by atoms with Crippen molar-refractivity contribution in [3.8, 4) is 11.1 Å². The van der Waals surface area contributed by atoms with E-state index >= 15 is 0 Å². The maximum Gasteiger partial charge on any atom is 0.407 e. The van der Waals surface area contributed by atoms with Gasteiger partial charge in [0.15, 0.2) is 0 Å². The van der Waals surface area contributed by atoms with Gasteiger partial charge in [-0.25, -0.2) is 9.59 Å². The third-order valence-electron chi connectivity index (χ3n) is 5.59. The van der Waals surface area contributed by atoms with Crippen LogP contribution in [0, 0.1) is 6.92 Å². The van der Waals surface area contributed by atoms with E-state index in [2.05, 4.69) is 38.5 Å². The maximum atomic E-state index is 12.5. The van der Waals surface area contributed by atoms with E-state index in [1.54, 1.807) is 11.7 Å². The van der Waals surface area contributed by atoms with E-state index in [1.807, 2.05) is 43.3 Å². The molecule has 0 aliphatic heterocycles. The third kappa shape index (κ3) is 4.07. The Hall–Kier alpha value is -3.13. The summed E-state index contributed by atoms with van der Waals surface area (Å²) < 4.78 is 7.81. The van der Waals surface area contributed by atoms with Gasteiger partial charge in [-0.15, -0.1) is 0 Å². The number of benzene rings is 2. The number of aromatic nitrogens is 2. The molecule has 1 aliphatic carbocycles. The number of fused-ring (bicyclic) bond motifs is 3. The highest BCUT2D eigenvalue weighted by Gasteiger charge is 2.30. The van der Waals surface area contributed by atoms with E-state index in [0.29, 0.717) is 5.69 Å². The monoisotopic (exact) mass is 483 g/mol. The minimum absolute atomic E-state index is 0.0808. The van der Waals surface area contributed by atoms with E-state index < -0.39 is 18.1 Å². The Labute approximate surface area is 188 Å². The lowest BCUT2D eigenvalue weighted by Gasteiger charge is -2.17. The van der Waals surface area contributed by atoms with E-state index in [1.165, 1.54) is 0 Å². The van der Waals surface area contributed by atoms with Crippen LogP contribution in [-0.2, 0) is 23.0 Å². The molecular weight excluding hydrogens is 462 g/mol. The molecule has 2 N–H and O–H groups in total. The molecule has 0 saturated carbocycles. The van der Waals surface area contributed by atoms with Gasteiger partial charge in [0.2, 0.25) is 0 Å². The predicted octanol–water partition coefficient (Wildman–Crippen LogP) is 4.03. The zero-order valence-corrected chi connectivity index (χ0v) is 18.7. The molecule has 160 valence electrons. The number of carboxylic acid groups (broad SMARTS) is 1. The molecule has 0 radical (unpaired) electrons. The normalized spacial score (nSPS) is 13.4. The minimum Gasteiger partial charge on any atom is -0.480 e. The Balaban J connectivity index is 1.45. The van der Waals surface area contributed by atoms with E-state index in [-0.39, 0.29) is 18.9 Å². The van der Waals surface area contributed by atoms with Crippen molar-refractivity contribution >= 4 is 28.0 Å². The number of alkyl carbamates (subject to hydrolysis) is 1. The Morgan fingerprint density at radius 3 is 2.26 bits per heavy atom. The Morgan fingerprint density at radius 1 is 1.16 bits per heavy atom. The number of rotatable bonds is 6. The van der Waals surface area contributed by atoms with Crippen LogP contribution >= 0.6 is 15.9 Å². The second-order valence-corrected chi connectivity index (χ2v) is 8.33. The van der Waals surface area contributed by atoms with Crippen LogP contribution in [0.5, 0.6) is 0 Å². The fraction of sp³-hybridized carbons (Fsp3) is 0.261. The zero-order valence-electron chi connectivity index (χ0n) is 17.1. The first-order valence-corrected chi connectivity index (χ1v) is 10.7. The van der Waals surface area contributed by atoms with Crippen molar-refractivity contribution in [3.05, 3.63) is 75.5 Å². The van der Waals surface area contributed by atoms with Crippen molar-refractivity contribution in [1.82, 2.24) is 15.1 Å². The van der Waals surface area contributed by atoms with Crippen LogP contribution in [-0.4, -0.2) is 39.6 Å². The Kier molecular flexibility index (Phi) is 5.82. The van der Waals surface area contributed by atoms with E-state index in [0.717, 1.165) is 32.4 Å². The van der Waals surface area contributed by atoms with Gasteiger partial charge in [0.05, 0.1) is 15.9 Å². The summed E-state index contributed by atoms with van der Waals surface area (Å²) in [6.45, 7) is 1.95. The molecule has 1 unspecified atom stereocenters. The minimum atomic E-state index is -1.14. The molecule has 0 saturated heterocycles. The number of hydrogen-bond donors (Lipinski definition) is 2. The number of nitrogens with zero attached hydrogens (tertiary/aromatic N) is 2. The highest BCUT2D eigenvalue weighted by Crippen LogP contribution is 2.44. The summed E-state index contributed by atoms with van der Waals surface area (Å²) >= 11 is 3.43. The van der Waals surface area contributed by atoms with Gasteiger partial charge in [-0.2, -0.15) is 5.10 Å². The number of carboxylic acids is 1. The fourth-order valence-corrected chi connectivity index (χ4v) is 4.58. The predicted molar refractivity (Wildman–Crippen MR) is 119 cm³/mol. The molecule has 1 atom stereocenters. The lowest BCUT2D eigenvalue weighted by molar-refractivity contribution is -0.139. The highest BCUT2D eigenvalue weighted by atomic mass is 79.9. The summed E-state index contributed by atoms with van der Waals surface area (Å²) in [5, 5.41) is 16.3. The number of carbonyl (C=O) groups is 2. The summed E-state index contributed by atoms with van der Waals surface area (Å²) in [4.78, 5) is 24.2. The quantitative estimate of drug-likeness (QED) is 0.551. The molecule has 3 aromatic rings. The fourth-order valence-electron chi connectivity index (χ4n) is 4.08. The summed E-state index contributed by atoms with van der Waals surface area (Å²) in [5.74, 6) is -1.23. The Bertz CT molecular complexity index is 1110. The van der Waals surface area contributed by atoms with Crippen LogP contribution in [0.3, 0.4) is 0 Å². The molecule has 31 heavy (non-hydrogen) atoms. The molecule has 8 heteroatoms. The van der Waals surface area contributed by atoms with Gasteiger partial charge < -0.3 is 15.2 Å². The van der Waals surface area contributed by atoms with Crippen molar-refractivity contribution in [2.24, 2.45) is 7.05 Å². The molecule has 0 spiro atoms. The van der Waals surface area contributed by atoms with Crippen LogP contribution in [0.25, 0.3) is 11.1 Å². The van der Waals surface area contributed by atoms with Crippen LogP contribution < -0.4 is 5.32 Å². The highest BCUT2D eigenvalue weighted by molar-refractivity contribution is 9.10. The average molecular weight is 484 g/mol. The second kappa shape index (κ2) is 8.55. The van der Waals surface area contributed by atoms with Crippen LogP contribution in [0.15, 0.2) is 53.0 Å². The van der Waals surface area contributed by atoms with Crippen molar-refractivity contribution < 1.29 is 19.4 Å². The van der Waals surface area contributed by atoms with E-state index in [9.17, 15) is 14.7 Å². The van der Waals surface area contributed by atoms with Gasteiger partial charge in [-0.1, -0.05) is 48.5 Å². The van der Waals surface area contributed by atoms with Gasteiger partial charge in [0, 0.05) is 19.4 Å². The number of amides is 1. The van der Waals surface area contributed by atoms with Crippen molar-refractivity contribution in [2.75, 3.05) is 6.61 Å². The number of aliphatic carboxylic acids is 1. The largest absolute Gasteiger partial charge is 0.480 e. The molecule has 7 nitrogen and oxygen atoms in total. The number of ether oxygens (including phenoxy) is 1. The second-order valence-electron chi connectivity index (χ2n) is 7.53. The molecule has 1 aromatic heterocycles. The molecule has 4 rings (SSSR count). The van der Waals surface area contributed by atoms with E-state index in [4.69, 9.17) is 4.74 Å². The first kappa shape index (κ1) is 21.1. The number of nitrogens with one attached hydrogen (secondary N) is 1. The summed E-state index contributed by atoms with van der Waals surface area (Å²) in [6.07, 6.45) is -0.679. The lowest BCUT2D eigenvalue weighted by Crippen LogP contribution is -2.43. The topological polar surface area (TPSA) is 93.5 Å². The number of halogens is 1. The molecule has 1 heterocycles. The summed E-state index contributed by atoms with van der Waals surface area (Å²) in [5.41, 5.74) is 5.90. The van der Waals surface area contributed by atoms with Gasteiger partial charge in [-0.05, 0) is 45.1 Å². The Morgan fingerprint density at radius 2 is 1.74 bits per heavy atom. The van der Waals surface area contributed by atoms with Crippen molar-refractivity contribution in [1.29, 1.82) is 0 Å². The van der Waals surface area contributed by atoms with Gasteiger partial charge in [-0.3, -0.25) is 4.68 Å². The van der Waals surface area contributed by atoms with Crippen LogP contribution in [0.2, 0.25) is 0 Å². The summed E-state index contributed by atoms with van der Waals surface area (Å²) in [6, 6.07) is 14.9. The number of hydrogen-bond acceptors (Lipinski definition) is 4. The van der Waals surface area contributed by atoms with Gasteiger partial charge >= 0.3 is 12.1 Å². The number of aryl methyl sites for hydroxylation is 2. The molecule has 1 amide bonds. The van der Waals surface area contributed by atoms with Crippen LogP contribution in [0.4, 0.5) is 4.79 Å². The zero-order chi connectivity index (χ0) is 22.1. The number of carbonyl (C=O) groups excluding carboxylic acids is 1.